The highest BCUT2D eigenvalue weighted by Crippen LogP contribution is 2.27. The maximum Gasteiger partial charge on any atom is 0.255 e. The Morgan fingerprint density at radius 3 is 2.48 bits per heavy atom. The van der Waals surface area contributed by atoms with E-state index in [1.807, 2.05) is 0 Å². The standard InChI is InChI=1S/C16H25N3O5S/c1-23-11-8-16(18-25(3,21)22)6-9-19(10-7-16)15(20)13-4-5-14(24-2)17-12-13/h4-5,12,18H,6-11H2,1-3H3. The van der Waals surface area contributed by atoms with Crippen LogP contribution in [-0.2, 0) is 14.8 Å². The number of amides is 1. The Kier molecular flexibility index (Phi) is 6.36. The van der Waals surface area contributed by atoms with Crippen molar-refractivity contribution in [1.82, 2.24) is 14.6 Å². The lowest BCUT2D eigenvalue weighted by Crippen LogP contribution is -2.56. The van der Waals surface area contributed by atoms with Crippen LogP contribution in [0.4, 0.5) is 0 Å². The van der Waals surface area contributed by atoms with E-state index >= 15 is 0 Å². The molecular formula is C16H25N3O5S. The van der Waals surface area contributed by atoms with E-state index in [-0.39, 0.29) is 5.91 Å². The monoisotopic (exact) mass is 371 g/mol. The van der Waals surface area contributed by atoms with Crippen molar-refractivity contribution in [2.24, 2.45) is 0 Å². The quantitative estimate of drug-likeness (QED) is 0.756. The van der Waals surface area contributed by atoms with Crippen molar-refractivity contribution in [2.75, 3.05) is 40.2 Å². The number of rotatable bonds is 7. The Bertz CT molecular complexity index is 682. The molecular weight excluding hydrogens is 346 g/mol. The van der Waals surface area contributed by atoms with Gasteiger partial charge in [0.1, 0.15) is 0 Å². The van der Waals surface area contributed by atoms with Gasteiger partial charge in [0.25, 0.3) is 5.91 Å². The molecule has 0 radical (unpaired) electrons. The third kappa shape index (κ3) is 5.38. The van der Waals surface area contributed by atoms with Gasteiger partial charge in [-0.2, -0.15) is 0 Å². The lowest BCUT2D eigenvalue weighted by molar-refractivity contribution is 0.0620. The zero-order chi connectivity index (χ0) is 18.5. The van der Waals surface area contributed by atoms with Gasteiger partial charge in [-0.25, -0.2) is 18.1 Å². The number of hydrogen-bond acceptors (Lipinski definition) is 6. The molecule has 0 saturated carbocycles. The van der Waals surface area contributed by atoms with Gasteiger partial charge in [0.2, 0.25) is 15.9 Å². The molecule has 0 unspecified atom stereocenters. The Balaban J connectivity index is 2.05. The number of piperidine rings is 1. The Hall–Kier alpha value is -1.71. The summed E-state index contributed by atoms with van der Waals surface area (Å²) in [6.45, 7) is 1.40. The number of methoxy groups -OCH3 is 2. The minimum absolute atomic E-state index is 0.116. The summed E-state index contributed by atoms with van der Waals surface area (Å²) in [6.07, 6.45) is 4.30. The second kappa shape index (κ2) is 8.11. The van der Waals surface area contributed by atoms with Crippen LogP contribution in [0.2, 0.25) is 0 Å². The molecule has 25 heavy (non-hydrogen) atoms. The zero-order valence-corrected chi connectivity index (χ0v) is 15.6. The van der Waals surface area contributed by atoms with Crippen molar-refractivity contribution >= 4 is 15.9 Å². The van der Waals surface area contributed by atoms with E-state index in [1.165, 1.54) is 13.3 Å². The van der Waals surface area contributed by atoms with E-state index in [2.05, 4.69) is 9.71 Å². The Morgan fingerprint density at radius 2 is 2.00 bits per heavy atom. The Labute approximate surface area is 148 Å². The average molecular weight is 371 g/mol. The van der Waals surface area contributed by atoms with Crippen LogP contribution in [0.3, 0.4) is 0 Å². The van der Waals surface area contributed by atoms with Crippen molar-refractivity contribution in [2.45, 2.75) is 24.8 Å². The molecule has 1 aromatic heterocycles. The van der Waals surface area contributed by atoms with E-state index in [0.29, 0.717) is 50.4 Å². The summed E-state index contributed by atoms with van der Waals surface area (Å²) in [5, 5.41) is 0. The fourth-order valence-electron chi connectivity index (χ4n) is 3.04. The largest absolute Gasteiger partial charge is 0.481 e. The highest BCUT2D eigenvalue weighted by molar-refractivity contribution is 7.88. The molecule has 2 rings (SSSR count). The van der Waals surface area contributed by atoms with Crippen molar-refractivity contribution in [3.05, 3.63) is 23.9 Å². The third-order valence-electron chi connectivity index (χ3n) is 4.39. The van der Waals surface area contributed by atoms with E-state index in [1.54, 1.807) is 24.1 Å². The number of nitrogens with one attached hydrogen (secondary N) is 1. The van der Waals surface area contributed by atoms with Gasteiger partial charge in [-0.3, -0.25) is 4.79 Å². The molecule has 9 heteroatoms. The summed E-state index contributed by atoms with van der Waals surface area (Å²) in [5.74, 6) is 0.334. The smallest absolute Gasteiger partial charge is 0.255 e. The van der Waals surface area contributed by atoms with Crippen LogP contribution < -0.4 is 9.46 Å². The van der Waals surface area contributed by atoms with Gasteiger partial charge in [0.05, 0.1) is 18.9 Å². The zero-order valence-electron chi connectivity index (χ0n) is 14.8. The van der Waals surface area contributed by atoms with Crippen molar-refractivity contribution < 1.29 is 22.7 Å². The van der Waals surface area contributed by atoms with E-state index < -0.39 is 15.6 Å². The first-order chi connectivity index (χ1) is 11.8. The summed E-state index contributed by atoms with van der Waals surface area (Å²) < 4.78 is 36.3. The molecule has 0 bridgehead atoms. The minimum Gasteiger partial charge on any atom is -0.481 e. The predicted octanol–water partition coefficient (Wildman–Crippen LogP) is 0.651. The van der Waals surface area contributed by atoms with Gasteiger partial charge in [0.15, 0.2) is 0 Å². The molecule has 1 saturated heterocycles. The van der Waals surface area contributed by atoms with Crippen molar-refractivity contribution in [3.63, 3.8) is 0 Å². The summed E-state index contributed by atoms with van der Waals surface area (Å²) in [6, 6.07) is 3.32. The normalized spacial score (nSPS) is 17.3. The molecule has 140 valence electrons. The van der Waals surface area contributed by atoms with Crippen LogP contribution in [0.1, 0.15) is 29.6 Å². The molecule has 8 nitrogen and oxygen atoms in total. The first kappa shape index (κ1) is 19.6. The first-order valence-corrected chi connectivity index (χ1v) is 9.95. The summed E-state index contributed by atoms with van der Waals surface area (Å²) in [5.41, 5.74) is -0.0836. The molecule has 0 aliphatic carbocycles. The van der Waals surface area contributed by atoms with Crippen LogP contribution >= 0.6 is 0 Å². The average Bonchev–Trinajstić information content (AvgIpc) is 2.59. The van der Waals surface area contributed by atoms with Crippen LogP contribution in [0.25, 0.3) is 0 Å². The number of pyridine rings is 1. The maximum absolute atomic E-state index is 12.6. The van der Waals surface area contributed by atoms with Crippen molar-refractivity contribution in [1.29, 1.82) is 0 Å². The molecule has 1 aliphatic rings. The van der Waals surface area contributed by atoms with Gasteiger partial charge < -0.3 is 14.4 Å². The first-order valence-electron chi connectivity index (χ1n) is 8.06. The fourth-order valence-corrected chi connectivity index (χ4v) is 4.13. The number of aromatic nitrogens is 1. The Morgan fingerprint density at radius 1 is 1.32 bits per heavy atom. The number of nitrogens with zero attached hydrogens (tertiary/aromatic N) is 2. The molecule has 0 atom stereocenters. The maximum atomic E-state index is 12.6. The van der Waals surface area contributed by atoms with Crippen molar-refractivity contribution in [3.8, 4) is 5.88 Å². The number of carbonyl (C=O) groups is 1. The topological polar surface area (TPSA) is 97.8 Å². The van der Waals surface area contributed by atoms with Gasteiger partial charge in [-0.1, -0.05) is 0 Å². The molecule has 1 aromatic rings. The predicted molar refractivity (Wildman–Crippen MR) is 93.1 cm³/mol. The van der Waals surface area contributed by atoms with Gasteiger partial charge in [-0.15, -0.1) is 0 Å². The number of carbonyl (C=O) groups excluding carboxylic acids is 1. The van der Waals surface area contributed by atoms with E-state index in [0.717, 1.165) is 6.26 Å². The SMILES string of the molecule is COCCC1(NS(C)(=O)=O)CCN(C(=O)c2ccc(OC)nc2)CC1. The molecule has 0 spiro atoms. The van der Waals surface area contributed by atoms with Crippen LogP contribution in [0, 0.1) is 0 Å². The van der Waals surface area contributed by atoms with E-state index in [9.17, 15) is 13.2 Å². The summed E-state index contributed by atoms with van der Waals surface area (Å²) >= 11 is 0. The number of likely N-dealkylation sites (tertiary alicyclic amines) is 1. The molecule has 1 aliphatic heterocycles. The third-order valence-corrected chi connectivity index (χ3v) is 5.19. The lowest BCUT2D eigenvalue weighted by Gasteiger charge is -2.41. The van der Waals surface area contributed by atoms with Crippen LogP contribution in [0.5, 0.6) is 5.88 Å². The summed E-state index contributed by atoms with van der Waals surface area (Å²) in [4.78, 5) is 18.4. The number of sulfonamides is 1. The molecule has 1 amide bonds. The lowest BCUT2D eigenvalue weighted by atomic mass is 9.85. The highest BCUT2D eigenvalue weighted by Gasteiger charge is 2.38. The number of hydrogen-bond donors (Lipinski definition) is 1. The van der Waals surface area contributed by atoms with Gasteiger partial charge in [-0.05, 0) is 25.3 Å². The molecule has 2 heterocycles. The minimum atomic E-state index is -3.34. The van der Waals surface area contributed by atoms with Crippen LogP contribution in [-0.4, -0.2) is 69.9 Å². The van der Waals surface area contributed by atoms with Gasteiger partial charge in [0, 0.05) is 44.6 Å². The summed E-state index contributed by atoms with van der Waals surface area (Å²) in [7, 11) is -0.240. The van der Waals surface area contributed by atoms with Crippen LogP contribution in [0.15, 0.2) is 18.3 Å². The van der Waals surface area contributed by atoms with E-state index in [4.69, 9.17) is 9.47 Å². The second-order valence-corrected chi connectivity index (χ2v) is 8.03. The molecule has 1 N–H and O–H groups in total. The highest BCUT2D eigenvalue weighted by atomic mass is 32.2. The molecule has 1 fully saturated rings. The second-order valence-electron chi connectivity index (χ2n) is 6.28. The van der Waals surface area contributed by atoms with Gasteiger partial charge >= 0.3 is 0 Å². The number of ether oxygens (including phenoxy) is 2. The fraction of sp³-hybridized carbons (Fsp3) is 0.625. The molecule has 0 aromatic carbocycles.